The fourth-order valence-electron chi connectivity index (χ4n) is 2.85. The molecule has 2 aromatic rings. The highest BCUT2D eigenvalue weighted by Crippen LogP contribution is 2.61. The first-order valence-electron chi connectivity index (χ1n) is 5.77. The third kappa shape index (κ3) is 0.967. The van der Waals surface area contributed by atoms with Crippen molar-refractivity contribution in [3.63, 3.8) is 0 Å². The molecule has 2 nitrogen and oxygen atoms in total. The highest BCUT2D eigenvalue weighted by molar-refractivity contribution is 5.71. The van der Waals surface area contributed by atoms with Crippen LogP contribution in [0.5, 0.6) is 0 Å². The fraction of sp³-hybridized carbons (Fsp3) is 0.286. The lowest BCUT2D eigenvalue weighted by Gasteiger charge is -2.17. The molecular formula is C14H12N2. The van der Waals surface area contributed by atoms with Gasteiger partial charge in [0.15, 0.2) is 0 Å². The molecule has 2 heteroatoms. The van der Waals surface area contributed by atoms with Crippen LogP contribution in [0, 0.1) is 6.92 Å². The Morgan fingerprint density at radius 3 is 2.75 bits per heavy atom. The lowest BCUT2D eigenvalue weighted by atomic mass is 9.93. The molecule has 78 valence electrons. The van der Waals surface area contributed by atoms with Gasteiger partial charge in [-0.25, -0.2) is 0 Å². The van der Waals surface area contributed by atoms with Gasteiger partial charge in [0.25, 0.3) is 0 Å². The number of hydrogen-bond donors (Lipinski definition) is 0. The molecule has 2 atom stereocenters. The van der Waals surface area contributed by atoms with Gasteiger partial charge in [-0.2, -0.15) is 0 Å². The number of aromatic nitrogens is 2. The highest BCUT2D eigenvalue weighted by Gasteiger charge is 2.46. The summed E-state index contributed by atoms with van der Waals surface area (Å²) in [7, 11) is 0. The Labute approximate surface area is 94.4 Å². The summed E-state index contributed by atoms with van der Waals surface area (Å²) in [6, 6.07) is 8.59. The molecule has 2 heterocycles. The molecule has 0 amide bonds. The minimum atomic E-state index is 0.708. The number of hydrogen-bond acceptors (Lipinski definition) is 2. The molecule has 1 unspecified atom stereocenters. The van der Waals surface area contributed by atoms with Gasteiger partial charge < -0.3 is 0 Å². The van der Waals surface area contributed by atoms with Gasteiger partial charge in [0, 0.05) is 11.9 Å². The van der Waals surface area contributed by atoms with Gasteiger partial charge in [0.2, 0.25) is 0 Å². The minimum Gasteiger partial charge on any atom is -0.254 e. The molecule has 0 spiro atoms. The third-order valence-electron chi connectivity index (χ3n) is 3.72. The van der Waals surface area contributed by atoms with E-state index in [4.69, 9.17) is 0 Å². The summed E-state index contributed by atoms with van der Waals surface area (Å²) in [4.78, 5) is 9.19. The Hall–Kier alpha value is -1.70. The first kappa shape index (κ1) is 8.45. The maximum absolute atomic E-state index is 4.67. The van der Waals surface area contributed by atoms with E-state index < -0.39 is 0 Å². The number of aryl methyl sites for hydroxylation is 1. The van der Waals surface area contributed by atoms with Gasteiger partial charge >= 0.3 is 0 Å². The number of nitrogens with zero attached hydrogens (tertiary/aromatic N) is 2. The molecule has 0 radical (unpaired) electrons. The highest BCUT2D eigenvalue weighted by atomic mass is 14.8. The Bertz CT molecular complexity index is 589. The summed E-state index contributed by atoms with van der Waals surface area (Å²) in [6.07, 6.45) is 3.14. The van der Waals surface area contributed by atoms with Crippen molar-refractivity contribution in [2.24, 2.45) is 0 Å². The number of fused-ring (bicyclic) bond motifs is 6. The van der Waals surface area contributed by atoms with Crippen LogP contribution < -0.4 is 0 Å². The monoisotopic (exact) mass is 208 g/mol. The lowest BCUT2D eigenvalue weighted by Crippen LogP contribution is -2.04. The van der Waals surface area contributed by atoms with Crippen molar-refractivity contribution in [2.45, 2.75) is 25.2 Å². The van der Waals surface area contributed by atoms with E-state index in [2.05, 4.69) is 28.2 Å². The van der Waals surface area contributed by atoms with Crippen molar-refractivity contribution in [1.82, 2.24) is 9.97 Å². The van der Waals surface area contributed by atoms with E-state index in [0.29, 0.717) is 11.8 Å². The van der Waals surface area contributed by atoms with E-state index in [0.717, 1.165) is 17.1 Å². The van der Waals surface area contributed by atoms with E-state index in [1.165, 1.54) is 17.5 Å². The summed E-state index contributed by atoms with van der Waals surface area (Å²) in [5.74, 6) is 1.42. The van der Waals surface area contributed by atoms with Gasteiger partial charge in [-0.1, -0.05) is 12.1 Å². The third-order valence-corrected chi connectivity index (χ3v) is 3.72. The summed E-state index contributed by atoms with van der Waals surface area (Å²) in [5.41, 5.74) is 6.11. The summed E-state index contributed by atoms with van der Waals surface area (Å²) in [6.45, 7) is 2.04. The SMILES string of the molecule is Cc1ccc2c(n1)-c1ncccc1[C@H]1CC21. The van der Waals surface area contributed by atoms with Crippen molar-refractivity contribution in [1.29, 1.82) is 0 Å². The zero-order valence-corrected chi connectivity index (χ0v) is 9.14. The van der Waals surface area contributed by atoms with Crippen LogP contribution in [0.25, 0.3) is 11.4 Å². The van der Waals surface area contributed by atoms with Crippen molar-refractivity contribution in [3.05, 3.63) is 47.3 Å². The zero-order valence-electron chi connectivity index (χ0n) is 9.14. The predicted octanol–water partition coefficient (Wildman–Crippen LogP) is 3.04. The second kappa shape index (κ2) is 2.70. The molecule has 1 fully saturated rings. The Balaban J connectivity index is 2.07. The fourth-order valence-corrected chi connectivity index (χ4v) is 2.85. The van der Waals surface area contributed by atoms with Crippen molar-refractivity contribution in [2.75, 3.05) is 0 Å². The Morgan fingerprint density at radius 2 is 1.88 bits per heavy atom. The molecule has 16 heavy (non-hydrogen) atoms. The van der Waals surface area contributed by atoms with Crippen molar-refractivity contribution in [3.8, 4) is 11.4 Å². The maximum atomic E-state index is 4.67. The first-order valence-corrected chi connectivity index (χ1v) is 5.77. The van der Waals surface area contributed by atoms with E-state index in [9.17, 15) is 0 Å². The normalized spacial score (nSPS) is 24.3. The van der Waals surface area contributed by atoms with Crippen LogP contribution in [-0.2, 0) is 0 Å². The molecule has 0 saturated heterocycles. The molecular weight excluding hydrogens is 196 g/mol. The smallest absolute Gasteiger partial charge is 0.0927 e. The van der Waals surface area contributed by atoms with Crippen LogP contribution in [0.2, 0.25) is 0 Å². The van der Waals surface area contributed by atoms with E-state index in [1.54, 1.807) is 0 Å². The van der Waals surface area contributed by atoms with Gasteiger partial charge in [0.1, 0.15) is 0 Å². The van der Waals surface area contributed by atoms with Gasteiger partial charge in [-0.3, -0.25) is 9.97 Å². The molecule has 4 rings (SSSR count). The van der Waals surface area contributed by atoms with E-state index >= 15 is 0 Å². The maximum Gasteiger partial charge on any atom is 0.0927 e. The van der Waals surface area contributed by atoms with Crippen LogP contribution in [-0.4, -0.2) is 9.97 Å². The standard InChI is InChI=1S/C14H12N2/c1-8-4-5-10-12-7-11(12)9-3-2-6-15-13(9)14(10)16-8/h2-6,11-12H,7H2,1H3/t11-,12?/m1/s1. The summed E-state index contributed by atoms with van der Waals surface area (Å²) in [5, 5.41) is 0. The molecule has 2 aromatic heterocycles. The predicted molar refractivity (Wildman–Crippen MR) is 62.3 cm³/mol. The van der Waals surface area contributed by atoms with E-state index in [-0.39, 0.29) is 0 Å². The zero-order chi connectivity index (χ0) is 10.7. The molecule has 0 aliphatic heterocycles. The lowest BCUT2D eigenvalue weighted by molar-refractivity contribution is 0.957. The Morgan fingerprint density at radius 1 is 1.06 bits per heavy atom. The van der Waals surface area contributed by atoms with Gasteiger partial charge in [0.05, 0.1) is 11.4 Å². The number of rotatable bonds is 0. The van der Waals surface area contributed by atoms with Crippen LogP contribution >= 0.6 is 0 Å². The minimum absolute atomic E-state index is 0.708. The summed E-state index contributed by atoms with van der Waals surface area (Å²) >= 11 is 0. The molecule has 0 aromatic carbocycles. The van der Waals surface area contributed by atoms with Crippen LogP contribution in [0.15, 0.2) is 30.5 Å². The number of pyridine rings is 2. The molecule has 0 bridgehead atoms. The summed E-state index contributed by atoms with van der Waals surface area (Å²) < 4.78 is 0. The average molecular weight is 208 g/mol. The second-order valence-corrected chi connectivity index (χ2v) is 4.78. The molecule has 1 saturated carbocycles. The van der Waals surface area contributed by atoms with E-state index in [1.807, 2.05) is 19.2 Å². The first-order chi connectivity index (χ1) is 7.84. The topological polar surface area (TPSA) is 25.8 Å². The largest absolute Gasteiger partial charge is 0.254 e. The van der Waals surface area contributed by atoms with Gasteiger partial charge in [-0.15, -0.1) is 0 Å². The van der Waals surface area contributed by atoms with Crippen molar-refractivity contribution >= 4 is 0 Å². The van der Waals surface area contributed by atoms with Gasteiger partial charge in [-0.05, 0) is 48.4 Å². The second-order valence-electron chi connectivity index (χ2n) is 4.78. The average Bonchev–Trinajstić information content (AvgIpc) is 3.09. The van der Waals surface area contributed by atoms with Crippen LogP contribution in [0.1, 0.15) is 35.1 Å². The molecule has 0 N–H and O–H groups in total. The molecule has 2 aliphatic rings. The van der Waals surface area contributed by atoms with Crippen LogP contribution in [0.4, 0.5) is 0 Å². The molecule has 2 aliphatic carbocycles. The van der Waals surface area contributed by atoms with Crippen LogP contribution in [0.3, 0.4) is 0 Å². The quantitative estimate of drug-likeness (QED) is 0.665. The Kier molecular flexibility index (Phi) is 1.43. The van der Waals surface area contributed by atoms with Crippen molar-refractivity contribution < 1.29 is 0 Å².